The third kappa shape index (κ3) is 3.16. The highest BCUT2D eigenvalue weighted by Gasteiger charge is 2.20. The maximum atomic E-state index is 12.2. The van der Waals surface area contributed by atoms with E-state index in [-0.39, 0.29) is 5.91 Å². The zero-order valence-corrected chi connectivity index (χ0v) is 10.7. The molecule has 0 spiro atoms. The predicted octanol–water partition coefficient (Wildman–Crippen LogP) is 2.39. The summed E-state index contributed by atoms with van der Waals surface area (Å²) in [6, 6.07) is 3.23. The minimum atomic E-state index is -0.0386. The first kappa shape index (κ1) is 12.3. The van der Waals surface area contributed by atoms with Gasteiger partial charge in [0.25, 0.3) is 5.91 Å². The van der Waals surface area contributed by atoms with Crippen LogP contribution in [0.4, 0.5) is 0 Å². The number of halogens is 1. The molecule has 5 heteroatoms. The topological polar surface area (TPSA) is 46.1 Å². The van der Waals surface area contributed by atoms with Gasteiger partial charge in [0, 0.05) is 13.1 Å². The molecule has 0 aromatic carbocycles. The van der Waals surface area contributed by atoms with Crippen molar-refractivity contribution in [3.63, 3.8) is 0 Å². The van der Waals surface area contributed by atoms with Crippen LogP contribution in [-0.4, -0.2) is 34.1 Å². The van der Waals surface area contributed by atoms with E-state index in [0.717, 1.165) is 25.9 Å². The highest BCUT2D eigenvalue weighted by atomic mass is 35.5. The van der Waals surface area contributed by atoms with Crippen LogP contribution in [0, 0.1) is 5.92 Å². The molecule has 0 aliphatic carbocycles. The van der Waals surface area contributed by atoms with Crippen molar-refractivity contribution in [1.82, 2.24) is 15.1 Å². The van der Waals surface area contributed by atoms with Gasteiger partial charge < -0.3 is 4.90 Å². The quantitative estimate of drug-likeness (QED) is 0.772. The van der Waals surface area contributed by atoms with Gasteiger partial charge in [-0.25, -0.2) is 0 Å². The summed E-state index contributed by atoms with van der Waals surface area (Å²) < 4.78 is 0. The Balaban J connectivity index is 2.06. The molecule has 1 aromatic rings. The minimum absolute atomic E-state index is 0.0386. The molecule has 92 valence electrons. The lowest BCUT2D eigenvalue weighted by Gasteiger charge is -2.19. The molecule has 1 amide bonds. The monoisotopic (exact) mass is 253 g/mol. The summed E-state index contributed by atoms with van der Waals surface area (Å²) in [5.74, 6) is 0.660. The zero-order chi connectivity index (χ0) is 12.3. The molecule has 1 unspecified atom stereocenters. The summed E-state index contributed by atoms with van der Waals surface area (Å²) in [6.45, 7) is 3.86. The van der Waals surface area contributed by atoms with Crippen molar-refractivity contribution < 1.29 is 4.79 Å². The molecular weight excluding hydrogens is 238 g/mol. The van der Waals surface area contributed by atoms with E-state index in [9.17, 15) is 4.79 Å². The number of aromatic nitrogens is 2. The fourth-order valence-electron chi connectivity index (χ4n) is 2.06. The largest absolute Gasteiger partial charge is 0.337 e. The molecule has 2 heterocycles. The molecule has 1 saturated heterocycles. The summed E-state index contributed by atoms with van der Waals surface area (Å²) in [6.07, 6.45) is 3.32. The van der Waals surface area contributed by atoms with Gasteiger partial charge >= 0.3 is 0 Å². The van der Waals surface area contributed by atoms with Crippen molar-refractivity contribution in [2.45, 2.75) is 26.2 Å². The summed E-state index contributed by atoms with van der Waals surface area (Å²) in [5, 5.41) is 7.84. The average Bonchev–Trinajstić information content (AvgIpc) is 2.54. The number of carbonyl (C=O) groups excluding carboxylic acids is 1. The molecule has 1 aliphatic heterocycles. The van der Waals surface area contributed by atoms with E-state index in [1.807, 2.05) is 4.90 Å². The lowest BCUT2D eigenvalue weighted by molar-refractivity contribution is 0.0753. The summed E-state index contributed by atoms with van der Waals surface area (Å²) in [5.41, 5.74) is 0.379. The minimum Gasteiger partial charge on any atom is -0.337 e. The molecule has 1 atom stereocenters. The standard InChI is InChI=1S/C12H16ClN3O/c1-9-3-2-7-16(8-6-9)12(17)10-4-5-11(13)15-14-10/h4-5,9H,2-3,6-8H2,1H3. The molecule has 17 heavy (non-hydrogen) atoms. The van der Waals surface area contributed by atoms with Crippen LogP contribution in [0.3, 0.4) is 0 Å². The third-order valence-electron chi connectivity index (χ3n) is 3.16. The van der Waals surface area contributed by atoms with Gasteiger partial charge in [-0.2, -0.15) is 0 Å². The fourth-order valence-corrected chi connectivity index (χ4v) is 2.16. The Hall–Kier alpha value is -1.16. The molecule has 2 rings (SSSR count). The molecule has 1 aliphatic rings. The van der Waals surface area contributed by atoms with Crippen LogP contribution in [-0.2, 0) is 0 Å². The summed E-state index contributed by atoms with van der Waals surface area (Å²) >= 11 is 5.65. The smallest absolute Gasteiger partial charge is 0.274 e. The first-order chi connectivity index (χ1) is 8.16. The second-order valence-electron chi connectivity index (χ2n) is 4.57. The van der Waals surface area contributed by atoms with E-state index in [0.29, 0.717) is 16.8 Å². The van der Waals surface area contributed by atoms with Gasteiger partial charge in [-0.15, -0.1) is 10.2 Å². The predicted molar refractivity (Wildman–Crippen MR) is 66.0 cm³/mol. The number of carbonyl (C=O) groups is 1. The highest BCUT2D eigenvalue weighted by molar-refractivity contribution is 6.29. The highest BCUT2D eigenvalue weighted by Crippen LogP contribution is 2.17. The number of rotatable bonds is 1. The normalized spacial score (nSPS) is 21.1. The van der Waals surface area contributed by atoms with Crippen LogP contribution in [0.25, 0.3) is 0 Å². The first-order valence-electron chi connectivity index (χ1n) is 5.95. The van der Waals surface area contributed by atoms with E-state index in [1.165, 1.54) is 6.42 Å². The van der Waals surface area contributed by atoms with Crippen molar-refractivity contribution in [1.29, 1.82) is 0 Å². The zero-order valence-electron chi connectivity index (χ0n) is 9.90. The van der Waals surface area contributed by atoms with Crippen LogP contribution in [0.15, 0.2) is 12.1 Å². The molecule has 1 aromatic heterocycles. The van der Waals surface area contributed by atoms with Crippen LogP contribution >= 0.6 is 11.6 Å². The lowest BCUT2D eigenvalue weighted by Crippen LogP contribution is -2.32. The summed E-state index contributed by atoms with van der Waals surface area (Å²) in [7, 11) is 0. The Morgan fingerprint density at radius 3 is 2.88 bits per heavy atom. The molecular formula is C12H16ClN3O. The second-order valence-corrected chi connectivity index (χ2v) is 4.96. The van der Waals surface area contributed by atoms with Gasteiger partial charge in [0.1, 0.15) is 0 Å². The van der Waals surface area contributed by atoms with Gasteiger partial charge in [0.05, 0.1) is 0 Å². The van der Waals surface area contributed by atoms with Crippen molar-refractivity contribution in [2.24, 2.45) is 5.92 Å². The molecule has 1 fully saturated rings. The van der Waals surface area contributed by atoms with Crippen LogP contribution in [0.5, 0.6) is 0 Å². The number of nitrogens with zero attached hydrogens (tertiary/aromatic N) is 3. The Morgan fingerprint density at radius 1 is 1.35 bits per heavy atom. The molecule has 4 nitrogen and oxygen atoms in total. The van der Waals surface area contributed by atoms with Crippen molar-refractivity contribution >= 4 is 17.5 Å². The molecule has 0 saturated carbocycles. The Kier molecular flexibility index (Phi) is 3.94. The number of amides is 1. The Morgan fingerprint density at radius 2 is 2.18 bits per heavy atom. The Bertz CT molecular complexity index is 393. The van der Waals surface area contributed by atoms with E-state index in [2.05, 4.69) is 17.1 Å². The number of hydrogen-bond donors (Lipinski definition) is 0. The lowest BCUT2D eigenvalue weighted by atomic mass is 10.0. The molecule has 0 N–H and O–H groups in total. The van der Waals surface area contributed by atoms with Crippen molar-refractivity contribution in [2.75, 3.05) is 13.1 Å². The fraction of sp³-hybridized carbons (Fsp3) is 0.583. The van der Waals surface area contributed by atoms with E-state index < -0.39 is 0 Å². The average molecular weight is 254 g/mol. The van der Waals surface area contributed by atoms with Crippen molar-refractivity contribution in [3.05, 3.63) is 23.0 Å². The van der Waals surface area contributed by atoms with Crippen LogP contribution in [0.1, 0.15) is 36.7 Å². The van der Waals surface area contributed by atoms with Gasteiger partial charge in [-0.3, -0.25) is 4.79 Å². The van der Waals surface area contributed by atoms with Gasteiger partial charge in [-0.1, -0.05) is 18.5 Å². The SMILES string of the molecule is CC1CCCN(C(=O)c2ccc(Cl)nn2)CC1. The van der Waals surface area contributed by atoms with Crippen molar-refractivity contribution in [3.8, 4) is 0 Å². The first-order valence-corrected chi connectivity index (χ1v) is 6.33. The molecule has 0 radical (unpaired) electrons. The van der Waals surface area contributed by atoms with Gasteiger partial charge in [-0.05, 0) is 37.3 Å². The molecule has 0 bridgehead atoms. The van der Waals surface area contributed by atoms with Crippen LogP contribution < -0.4 is 0 Å². The maximum absolute atomic E-state index is 12.2. The van der Waals surface area contributed by atoms with Gasteiger partial charge in [0.15, 0.2) is 10.8 Å². The van der Waals surface area contributed by atoms with E-state index in [1.54, 1.807) is 12.1 Å². The Labute approximate surface area is 106 Å². The number of hydrogen-bond acceptors (Lipinski definition) is 3. The maximum Gasteiger partial charge on any atom is 0.274 e. The van der Waals surface area contributed by atoms with E-state index in [4.69, 9.17) is 11.6 Å². The van der Waals surface area contributed by atoms with E-state index >= 15 is 0 Å². The number of likely N-dealkylation sites (tertiary alicyclic amines) is 1. The summed E-state index contributed by atoms with van der Waals surface area (Å²) in [4.78, 5) is 14.0. The van der Waals surface area contributed by atoms with Crippen LogP contribution in [0.2, 0.25) is 5.15 Å². The third-order valence-corrected chi connectivity index (χ3v) is 3.36. The van der Waals surface area contributed by atoms with Gasteiger partial charge in [0.2, 0.25) is 0 Å². The second kappa shape index (κ2) is 5.45.